The summed E-state index contributed by atoms with van der Waals surface area (Å²) in [5, 5.41) is 5.29. The SMILES string of the molecule is CNC(=O)CCCC(C)(C)c1ccc2c(c1)C(=O)c1cc(C(C)(C)CCCC(=O)NC)ccc1C2=O. The van der Waals surface area contributed by atoms with Crippen molar-refractivity contribution in [1.82, 2.24) is 10.6 Å². The molecule has 2 aromatic rings. The minimum Gasteiger partial charge on any atom is -0.359 e. The zero-order chi connectivity index (χ0) is 26.7. The van der Waals surface area contributed by atoms with E-state index < -0.39 is 0 Å². The van der Waals surface area contributed by atoms with E-state index in [1.165, 1.54) is 0 Å². The number of carbonyl (C=O) groups is 4. The molecule has 2 N–H and O–H groups in total. The molecule has 0 unspecified atom stereocenters. The monoisotopic (exact) mass is 490 g/mol. The number of benzene rings is 2. The summed E-state index contributed by atoms with van der Waals surface area (Å²) in [7, 11) is 3.27. The predicted molar refractivity (Wildman–Crippen MR) is 142 cm³/mol. The van der Waals surface area contributed by atoms with Gasteiger partial charge in [-0.15, -0.1) is 0 Å². The third-order valence-electron chi connectivity index (χ3n) is 7.55. The summed E-state index contributed by atoms with van der Waals surface area (Å²) in [6, 6.07) is 11.1. The van der Waals surface area contributed by atoms with Gasteiger partial charge < -0.3 is 10.6 Å². The molecule has 0 aliphatic heterocycles. The Hall–Kier alpha value is -3.28. The van der Waals surface area contributed by atoms with Crippen molar-refractivity contribution < 1.29 is 19.2 Å². The van der Waals surface area contributed by atoms with Gasteiger partial charge in [-0.25, -0.2) is 0 Å². The summed E-state index contributed by atoms with van der Waals surface area (Å²) in [5.74, 6) is -0.236. The van der Waals surface area contributed by atoms with Gasteiger partial charge in [0, 0.05) is 49.2 Å². The van der Waals surface area contributed by atoms with Crippen LogP contribution >= 0.6 is 0 Å². The van der Waals surface area contributed by atoms with E-state index in [-0.39, 0.29) is 34.2 Å². The first-order valence-corrected chi connectivity index (χ1v) is 12.7. The maximum Gasteiger partial charge on any atom is 0.219 e. The molecule has 0 bridgehead atoms. The van der Waals surface area contributed by atoms with Crippen molar-refractivity contribution in [1.29, 1.82) is 0 Å². The Labute approximate surface area is 214 Å². The number of amides is 2. The van der Waals surface area contributed by atoms with Gasteiger partial charge in [-0.3, -0.25) is 19.2 Å². The molecule has 0 saturated carbocycles. The van der Waals surface area contributed by atoms with E-state index in [9.17, 15) is 19.2 Å². The molecule has 1 aliphatic rings. The molecule has 192 valence electrons. The van der Waals surface area contributed by atoms with Crippen LogP contribution in [-0.4, -0.2) is 37.5 Å². The molecular weight excluding hydrogens is 452 g/mol. The number of fused-ring (bicyclic) bond motifs is 2. The highest BCUT2D eigenvalue weighted by molar-refractivity contribution is 6.28. The highest BCUT2D eigenvalue weighted by Crippen LogP contribution is 2.36. The molecule has 0 radical (unpaired) electrons. The third-order valence-corrected chi connectivity index (χ3v) is 7.55. The topological polar surface area (TPSA) is 92.3 Å². The lowest BCUT2D eigenvalue weighted by atomic mass is 9.74. The standard InChI is InChI=1S/C30H38N2O4/c1-29(2,15-7-9-25(33)31-5)19-11-13-21-23(17-19)28(36)24-18-20(12-14-22(24)27(21)35)30(3,4)16-8-10-26(34)32-6/h11-14,17-18H,7-10,15-16H2,1-6H3,(H,31,33)(H,32,34). The summed E-state index contributed by atoms with van der Waals surface area (Å²) < 4.78 is 0. The number of hydrogen-bond acceptors (Lipinski definition) is 4. The highest BCUT2D eigenvalue weighted by atomic mass is 16.2. The van der Waals surface area contributed by atoms with Crippen LogP contribution in [-0.2, 0) is 20.4 Å². The van der Waals surface area contributed by atoms with E-state index in [2.05, 4.69) is 38.3 Å². The summed E-state index contributed by atoms with van der Waals surface area (Å²) in [6.45, 7) is 8.39. The molecule has 3 rings (SSSR count). The molecular formula is C30H38N2O4. The first-order chi connectivity index (χ1) is 16.9. The van der Waals surface area contributed by atoms with Gasteiger partial charge >= 0.3 is 0 Å². The lowest BCUT2D eigenvalue weighted by molar-refractivity contribution is -0.121. The van der Waals surface area contributed by atoms with Crippen LogP contribution in [0.3, 0.4) is 0 Å². The van der Waals surface area contributed by atoms with Crippen LogP contribution in [0.1, 0.15) is 109 Å². The van der Waals surface area contributed by atoms with Gasteiger partial charge in [0.1, 0.15) is 0 Å². The summed E-state index contributed by atoms with van der Waals surface area (Å²) in [4.78, 5) is 50.2. The Morgan fingerprint density at radius 2 is 1.00 bits per heavy atom. The Bertz CT molecular complexity index is 1100. The molecule has 0 saturated heterocycles. The van der Waals surface area contributed by atoms with Gasteiger partial charge in [-0.05, 0) is 71.9 Å². The Morgan fingerprint density at radius 1 is 0.639 bits per heavy atom. The second-order valence-electron chi connectivity index (χ2n) is 11.0. The number of hydrogen-bond donors (Lipinski definition) is 2. The number of carbonyl (C=O) groups excluding carboxylic acids is 4. The van der Waals surface area contributed by atoms with Crippen LogP contribution in [0.2, 0.25) is 0 Å². The second-order valence-corrected chi connectivity index (χ2v) is 11.0. The highest BCUT2D eigenvalue weighted by Gasteiger charge is 2.33. The smallest absolute Gasteiger partial charge is 0.219 e. The minimum absolute atomic E-state index is 0.0148. The zero-order valence-electron chi connectivity index (χ0n) is 22.3. The van der Waals surface area contributed by atoms with Gasteiger partial charge in [0.05, 0.1) is 0 Å². The van der Waals surface area contributed by atoms with Crippen molar-refractivity contribution in [3.63, 3.8) is 0 Å². The maximum atomic E-state index is 13.6. The molecule has 6 heteroatoms. The second kappa shape index (κ2) is 10.8. The molecule has 0 aromatic heterocycles. The van der Waals surface area contributed by atoms with Crippen LogP contribution < -0.4 is 10.6 Å². The third kappa shape index (κ3) is 5.75. The largest absolute Gasteiger partial charge is 0.359 e. The first-order valence-electron chi connectivity index (χ1n) is 12.7. The van der Waals surface area contributed by atoms with Crippen molar-refractivity contribution in [3.05, 3.63) is 69.8 Å². The minimum atomic E-state index is -0.249. The van der Waals surface area contributed by atoms with Crippen LogP contribution in [0.25, 0.3) is 0 Å². The van der Waals surface area contributed by atoms with Crippen LogP contribution in [0, 0.1) is 0 Å². The average molecular weight is 491 g/mol. The summed E-state index contributed by atoms with van der Waals surface area (Å²) >= 11 is 0. The molecule has 0 fully saturated rings. The van der Waals surface area contributed by atoms with E-state index in [4.69, 9.17) is 0 Å². The fraction of sp³-hybridized carbons (Fsp3) is 0.467. The van der Waals surface area contributed by atoms with Crippen molar-refractivity contribution >= 4 is 23.4 Å². The normalized spacial score (nSPS) is 13.2. The quantitative estimate of drug-likeness (QED) is 0.425. The molecule has 0 spiro atoms. The lowest BCUT2D eigenvalue weighted by Gasteiger charge is -2.29. The summed E-state index contributed by atoms with van der Waals surface area (Å²) in [6.07, 6.45) is 3.95. The number of nitrogens with one attached hydrogen (secondary N) is 2. The van der Waals surface area contributed by atoms with Crippen molar-refractivity contribution in [2.75, 3.05) is 14.1 Å². The van der Waals surface area contributed by atoms with Crippen molar-refractivity contribution in [3.8, 4) is 0 Å². The predicted octanol–water partition coefficient (Wildman–Crippen LogP) is 4.85. The molecule has 2 aromatic carbocycles. The number of ketones is 2. The van der Waals surface area contributed by atoms with Gasteiger partial charge in [-0.2, -0.15) is 0 Å². The van der Waals surface area contributed by atoms with Gasteiger partial charge in [0.25, 0.3) is 0 Å². The van der Waals surface area contributed by atoms with Crippen molar-refractivity contribution in [2.45, 2.75) is 77.0 Å². The lowest BCUT2D eigenvalue weighted by Crippen LogP contribution is -2.26. The average Bonchev–Trinajstić information content (AvgIpc) is 2.86. The van der Waals surface area contributed by atoms with E-state index in [0.29, 0.717) is 35.1 Å². The Morgan fingerprint density at radius 3 is 1.36 bits per heavy atom. The Kier molecular flexibility index (Phi) is 8.17. The summed E-state index contributed by atoms with van der Waals surface area (Å²) in [5.41, 5.74) is 3.23. The molecule has 0 atom stereocenters. The van der Waals surface area contributed by atoms with E-state index >= 15 is 0 Å². The Balaban J connectivity index is 1.87. The van der Waals surface area contributed by atoms with E-state index in [1.807, 2.05) is 24.3 Å². The maximum absolute atomic E-state index is 13.6. The zero-order valence-corrected chi connectivity index (χ0v) is 22.3. The van der Waals surface area contributed by atoms with Crippen molar-refractivity contribution in [2.24, 2.45) is 0 Å². The fourth-order valence-electron chi connectivity index (χ4n) is 4.91. The molecule has 1 aliphatic carbocycles. The van der Waals surface area contributed by atoms with E-state index in [0.717, 1.165) is 36.8 Å². The fourth-order valence-corrected chi connectivity index (χ4v) is 4.91. The van der Waals surface area contributed by atoms with Crippen LogP contribution in [0.5, 0.6) is 0 Å². The van der Waals surface area contributed by atoms with Crippen LogP contribution in [0.15, 0.2) is 36.4 Å². The molecule has 36 heavy (non-hydrogen) atoms. The number of rotatable bonds is 10. The molecule has 6 nitrogen and oxygen atoms in total. The molecule has 0 heterocycles. The van der Waals surface area contributed by atoms with Gasteiger partial charge in [0.15, 0.2) is 11.6 Å². The first kappa shape index (κ1) is 27.3. The van der Waals surface area contributed by atoms with Gasteiger partial charge in [-0.1, -0.05) is 39.8 Å². The molecule has 2 amide bonds. The van der Waals surface area contributed by atoms with Gasteiger partial charge in [0.2, 0.25) is 11.8 Å². The van der Waals surface area contributed by atoms with E-state index in [1.54, 1.807) is 26.2 Å². The van der Waals surface area contributed by atoms with Crippen LogP contribution in [0.4, 0.5) is 0 Å².